The van der Waals surface area contributed by atoms with Crippen LogP contribution in [0.2, 0.25) is 0 Å². The van der Waals surface area contributed by atoms with E-state index >= 15 is 0 Å². The molecule has 0 amide bonds. The van der Waals surface area contributed by atoms with Crippen molar-refractivity contribution in [2.24, 2.45) is 0 Å². The molecule has 5 nitrogen and oxygen atoms in total. The first kappa shape index (κ1) is 14.5. The van der Waals surface area contributed by atoms with Crippen LogP contribution in [0.4, 0.5) is 0 Å². The standard InChI is InChI=1S/C11H14Br2O5/c1-3-17-11(16-2)6(12)4-10(15)5-7(14)18-9(10)8(11)13/h4,8-9,15H,3,5H2,1-2H3/t8-,9-,10+,11-/m0/s1. The summed E-state index contributed by atoms with van der Waals surface area (Å²) in [4.78, 5) is 10.9. The van der Waals surface area contributed by atoms with Gasteiger partial charge in [-0.1, -0.05) is 15.9 Å². The molecule has 1 aliphatic carbocycles. The van der Waals surface area contributed by atoms with Gasteiger partial charge in [-0.3, -0.25) is 4.79 Å². The molecule has 7 heteroatoms. The van der Waals surface area contributed by atoms with Gasteiger partial charge in [0.1, 0.15) is 10.4 Å². The number of methoxy groups -OCH3 is 1. The maximum Gasteiger partial charge on any atom is 0.309 e. The fraction of sp³-hybridized carbons (Fsp3) is 0.727. The lowest BCUT2D eigenvalue weighted by Crippen LogP contribution is -2.59. The lowest BCUT2D eigenvalue weighted by molar-refractivity contribution is -0.211. The first-order chi connectivity index (χ1) is 8.39. The average Bonchev–Trinajstić information content (AvgIpc) is 2.59. The third kappa shape index (κ3) is 1.96. The number of ether oxygens (including phenoxy) is 3. The van der Waals surface area contributed by atoms with E-state index in [1.807, 2.05) is 6.92 Å². The van der Waals surface area contributed by atoms with E-state index in [1.54, 1.807) is 0 Å². The second-order valence-corrected chi connectivity index (χ2v) is 6.12. The van der Waals surface area contributed by atoms with Crippen LogP contribution in [0.25, 0.3) is 0 Å². The van der Waals surface area contributed by atoms with Crippen molar-refractivity contribution < 1.29 is 24.1 Å². The van der Waals surface area contributed by atoms with Gasteiger partial charge in [0.2, 0.25) is 5.79 Å². The maximum absolute atomic E-state index is 11.4. The molecule has 2 rings (SSSR count). The average molecular weight is 386 g/mol. The minimum Gasteiger partial charge on any atom is -0.457 e. The van der Waals surface area contributed by atoms with Gasteiger partial charge in [0.15, 0.2) is 6.10 Å². The monoisotopic (exact) mass is 384 g/mol. The molecule has 1 N–H and O–H groups in total. The first-order valence-electron chi connectivity index (χ1n) is 5.53. The van der Waals surface area contributed by atoms with Gasteiger partial charge in [-0.15, -0.1) is 0 Å². The van der Waals surface area contributed by atoms with Gasteiger partial charge in [0.05, 0.1) is 10.9 Å². The Morgan fingerprint density at radius 2 is 2.33 bits per heavy atom. The summed E-state index contributed by atoms with van der Waals surface area (Å²) in [6, 6.07) is 0. The molecule has 2 aliphatic rings. The first-order valence-corrected chi connectivity index (χ1v) is 7.24. The molecule has 1 fully saturated rings. The van der Waals surface area contributed by atoms with E-state index in [-0.39, 0.29) is 6.42 Å². The van der Waals surface area contributed by atoms with Gasteiger partial charge < -0.3 is 19.3 Å². The Balaban J connectivity index is 2.46. The molecule has 0 saturated carbocycles. The van der Waals surface area contributed by atoms with Crippen molar-refractivity contribution in [1.82, 2.24) is 0 Å². The molecule has 0 bridgehead atoms. The summed E-state index contributed by atoms with van der Waals surface area (Å²) in [5.41, 5.74) is -1.33. The number of rotatable bonds is 3. The highest BCUT2D eigenvalue weighted by atomic mass is 79.9. The second kappa shape index (κ2) is 4.86. The van der Waals surface area contributed by atoms with Gasteiger partial charge in [-0.05, 0) is 28.9 Å². The number of hydrogen-bond acceptors (Lipinski definition) is 5. The van der Waals surface area contributed by atoms with Crippen LogP contribution in [0.1, 0.15) is 13.3 Å². The quantitative estimate of drug-likeness (QED) is 0.452. The number of esters is 1. The van der Waals surface area contributed by atoms with Gasteiger partial charge in [-0.25, -0.2) is 0 Å². The van der Waals surface area contributed by atoms with Crippen LogP contribution in [-0.4, -0.2) is 47.1 Å². The summed E-state index contributed by atoms with van der Waals surface area (Å²) in [7, 11) is 1.50. The van der Waals surface area contributed by atoms with Crippen LogP contribution in [0.15, 0.2) is 10.6 Å². The lowest BCUT2D eigenvalue weighted by atomic mass is 9.84. The third-order valence-corrected chi connectivity index (χ3v) is 5.04. The highest BCUT2D eigenvalue weighted by Gasteiger charge is 2.61. The number of halogens is 2. The molecule has 4 atom stereocenters. The molecule has 0 radical (unpaired) electrons. The van der Waals surface area contributed by atoms with E-state index in [1.165, 1.54) is 13.2 Å². The second-order valence-electron chi connectivity index (χ2n) is 4.28. The number of carbonyl (C=O) groups is 1. The van der Waals surface area contributed by atoms with Crippen molar-refractivity contribution >= 4 is 37.8 Å². The Morgan fingerprint density at radius 1 is 1.67 bits per heavy atom. The summed E-state index contributed by atoms with van der Waals surface area (Å²) in [6.45, 7) is 2.25. The maximum atomic E-state index is 11.4. The van der Waals surface area contributed by atoms with Crippen LogP contribution in [0, 0.1) is 0 Å². The summed E-state index contributed by atoms with van der Waals surface area (Å²) in [5, 5.41) is 10.4. The molecule has 18 heavy (non-hydrogen) atoms. The van der Waals surface area contributed by atoms with Crippen molar-refractivity contribution in [2.45, 2.75) is 35.7 Å². The van der Waals surface area contributed by atoms with Crippen LogP contribution < -0.4 is 0 Å². The fourth-order valence-electron chi connectivity index (χ4n) is 2.35. The third-order valence-electron chi connectivity index (χ3n) is 3.18. The number of fused-ring (bicyclic) bond motifs is 1. The SMILES string of the molecule is CCO[C@@]1(OC)C(Br)=C[C@@]2(O)CC(=O)O[C@H]2[C@@H]1Br. The minimum atomic E-state index is -1.33. The normalized spacial score (nSPS) is 43.4. The van der Waals surface area contributed by atoms with E-state index in [4.69, 9.17) is 14.2 Å². The number of alkyl halides is 1. The smallest absolute Gasteiger partial charge is 0.309 e. The zero-order valence-electron chi connectivity index (χ0n) is 9.98. The van der Waals surface area contributed by atoms with Crippen LogP contribution in [0.5, 0.6) is 0 Å². The summed E-state index contributed by atoms with van der Waals surface area (Å²) in [5.74, 6) is -1.54. The van der Waals surface area contributed by atoms with Gasteiger partial charge in [0, 0.05) is 13.7 Å². The van der Waals surface area contributed by atoms with Crippen molar-refractivity contribution in [3.63, 3.8) is 0 Å². The van der Waals surface area contributed by atoms with E-state index in [0.29, 0.717) is 11.1 Å². The van der Waals surface area contributed by atoms with E-state index in [0.717, 1.165) is 0 Å². The Hall–Kier alpha value is 0.0500. The zero-order chi connectivity index (χ0) is 13.6. The lowest BCUT2D eigenvalue weighted by Gasteiger charge is -2.44. The van der Waals surface area contributed by atoms with Crippen LogP contribution in [0.3, 0.4) is 0 Å². The molecule has 1 aliphatic heterocycles. The van der Waals surface area contributed by atoms with Gasteiger partial charge in [0.25, 0.3) is 0 Å². The Morgan fingerprint density at radius 3 is 2.89 bits per heavy atom. The molecular formula is C11H14Br2O5. The topological polar surface area (TPSA) is 65.0 Å². The highest BCUT2D eigenvalue weighted by molar-refractivity contribution is 9.12. The van der Waals surface area contributed by atoms with Gasteiger partial charge >= 0.3 is 5.97 Å². The van der Waals surface area contributed by atoms with Crippen molar-refractivity contribution in [3.8, 4) is 0 Å². The Labute approximate surface area is 122 Å². The molecule has 1 heterocycles. The zero-order valence-corrected chi connectivity index (χ0v) is 13.2. The van der Waals surface area contributed by atoms with Gasteiger partial charge in [-0.2, -0.15) is 0 Å². The van der Waals surface area contributed by atoms with E-state index in [2.05, 4.69) is 31.9 Å². The number of aliphatic hydroxyl groups is 1. The van der Waals surface area contributed by atoms with Crippen LogP contribution >= 0.6 is 31.9 Å². The van der Waals surface area contributed by atoms with Crippen LogP contribution in [-0.2, 0) is 19.0 Å². The highest BCUT2D eigenvalue weighted by Crippen LogP contribution is 2.49. The predicted molar refractivity (Wildman–Crippen MR) is 70.5 cm³/mol. The fourth-order valence-corrected chi connectivity index (χ4v) is 4.70. The molecule has 0 aromatic rings. The molecule has 0 spiro atoms. The minimum absolute atomic E-state index is 0.0687. The summed E-state index contributed by atoms with van der Waals surface area (Å²) >= 11 is 6.78. The van der Waals surface area contributed by atoms with E-state index in [9.17, 15) is 9.90 Å². The Kier molecular flexibility index (Phi) is 3.91. The van der Waals surface area contributed by atoms with E-state index < -0.39 is 28.3 Å². The predicted octanol–water partition coefficient (Wildman–Crippen LogP) is 1.47. The van der Waals surface area contributed by atoms with Crippen molar-refractivity contribution in [3.05, 3.63) is 10.6 Å². The molecule has 0 aromatic carbocycles. The summed E-state index contributed by atoms with van der Waals surface area (Å²) in [6.07, 6.45) is 0.720. The Bertz CT molecular complexity index is 399. The molecule has 0 aromatic heterocycles. The number of carbonyl (C=O) groups excluding carboxylic acids is 1. The largest absolute Gasteiger partial charge is 0.457 e. The molecule has 102 valence electrons. The number of hydrogen-bond donors (Lipinski definition) is 1. The molecular weight excluding hydrogens is 372 g/mol. The molecule has 1 saturated heterocycles. The summed E-state index contributed by atoms with van der Waals surface area (Å²) < 4.78 is 16.8. The molecule has 0 unspecified atom stereocenters. The van der Waals surface area contributed by atoms with Crippen molar-refractivity contribution in [1.29, 1.82) is 0 Å². The van der Waals surface area contributed by atoms with Crippen molar-refractivity contribution in [2.75, 3.05) is 13.7 Å².